The summed E-state index contributed by atoms with van der Waals surface area (Å²) in [7, 11) is 5.76. The number of guanidine groups is 1. The van der Waals surface area contributed by atoms with Gasteiger partial charge in [-0.2, -0.15) is 0 Å². The number of para-hydroxylation sites is 1. The molecule has 0 aromatic heterocycles. The van der Waals surface area contributed by atoms with Gasteiger partial charge in [0.1, 0.15) is 5.75 Å². The van der Waals surface area contributed by atoms with E-state index in [2.05, 4.69) is 46.5 Å². The van der Waals surface area contributed by atoms with E-state index in [-0.39, 0.29) is 5.41 Å². The van der Waals surface area contributed by atoms with Crippen molar-refractivity contribution in [3.05, 3.63) is 29.8 Å². The van der Waals surface area contributed by atoms with Gasteiger partial charge in [-0.3, -0.25) is 4.99 Å². The number of hydrogen-bond donors (Lipinski definition) is 1. The SMILES string of the molecule is CN=C(NCC1(c2ccccc2OC)CCCC1)N(C)CC1CCOC1. The molecule has 0 spiro atoms. The molecule has 0 amide bonds. The fraction of sp³-hybridized carbons (Fsp3) is 0.667. The van der Waals surface area contributed by atoms with Crippen molar-refractivity contribution >= 4 is 5.96 Å². The van der Waals surface area contributed by atoms with Gasteiger partial charge >= 0.3 is 0 Å². The van der Waals surface area contributed by atoms with E-state index in [1.165, 1.54) is 31.2 Å². The van der Waals surface area contributed by atoms with Crippen LogP contribution in [0, 0.1) is 5.92 Å². The van der Waals surface area contributed by atoms with Crippen molar-refractivity contribution in [1.82, 2.24) is 10.2 Å². The predicted molar refractivity (Wildman–Crippen MR) is 106 cm³/mol. The van der Waals surface area contributed by atoms with Crippen molar-refractivity contribution < 1.29 is 9.47 Å². The number of hydrogen-bond acceptors (Lipinski definition) is 3. The number of nitrogens with zero attached hydrogens (tertiary/aromatic N) is 2. The first-order valence-electron chi connectivity index (χ1n) is 9.81. The first-order valence-corrected chi connectivity index (χ1v) is 9.81. The van der Waals surface area contributed by atoms with Crippen LogP contribution in [0.4, 0.5) is 0 Å². The Bertz CT molecular complexity index is 605. The number of rotatable bonds is 6. The quantitative estimate of drug-likeness (QED) is 0.626. The lowest BCUT2D eigenvalue weighted by Gasteiger charge is -2.33. The van der Waals surface area contributed by atoms with E-state index in [1.54, 1.807) is 7.11 Å². The van der Waals surface area contributed by atoms with E-state index in [9.17, 15) is 0 Å². The normalized spacial score (nSPS) is 22.4. The first-order chi connectivity index (χ1) is 12.7. The molecule has 2 fully saturated rings. The van der Waals surface area contributed by atoms with Gasteiger partial charge in [0.15, 0.2) is 5.96 Å². The minimum atomic E-state index is 0.125. The van der Waals surface area contributed by atoms with E-state index in [4.69, 9.17) is 9.47 Å². The van der Waals surface area contributed by atoms with Crippen LogP contribution in [0.25, 0.3) is 0 Å². The maximum absolute atomic E-state index is 5.67. The maximum atomic E-state index is 5.67. The van der Waals surface area contributed by atoms with Crippen LogP contribution in [0.5, 0.6) is 5.75 Å². The van der Waals surface area contributed by atoms with E-state index in [0.717, 1.165) is 44.4 Å². The Kier molecular flexibility index (Phi) is 6.41. The smallest absolute Gasteiger partial charge is 0.193 e. The van der Waals surface area contributed by atoms with Crippen molar-refractivity contribution in [2.75, 3.05) is 47.5 Å². The van der Waals surface area contributed by atoms with Gasteiger partial charge in [-0.25, -0.2) is 0 Å². The second kappa shape index (κ2) is 8.76. The minimum Gasteiger partial charge on any atom is -0.496 e. The van der Waals surface area contributed by atoms with E-state index in [0.29, 0.717) is 5.92 Å². The summed E-state index contributed by atoms with van der Waals surface area (Å²) < 4.78 is 11.2. The third-order valence-corrected chi connectivity index (χ3v) is 5.95. The molecule has 1 unspecified atom stereocenters. The molecule has 5 heteroatoms. The molecule has 1 atom stereocenters. The second-order valence-corrected chi connectivity index (χ2v) is 7.70. The van der Waals surface area contributed by atoms with Crippen molar-refractivity contribution in [2.24, 2.45) is 10.9 Å². The third kappa shape index (κ3) is 4.14. The summed E-state index contributed by atoms with van der Waals surface area (Å²) in [5, 5.41) is 3.66. The summed E-state index contributed by atoms with van der Waals surface area (Å²) in [6.45, 7) is 3.64. The monoisotopic (exact) mass is 359 g/mol. The van der Waals surface area contributed by atoms with Crippen LogP contribution < -0.4 is 10.1 Å². The van der Waals surface area contributed by atoms with Crippen LogP contribution in [-0.4, -0.2) is 58.4 Å². The first kappa shape index (κ1) is 19.0. The van der Waals surface area contributed by atoms with Gasteiger partial charge in [0.25, 0.3) is 0 Å². The van der Waals surface area contributed by atoms with Gasteiger partial charge < -0.3 is 19.7 Å². The Morgan fingerprint density at radius 1 is 1.35 bits per heavy atom. The van der Waals surface area contributed by atoms with Gasteiger partial charge in [-0.05, 0) is 25.3 Å². The van der Waals surface area contributed by atoms with Gasteiger partial charge in [0.2, 0.25) is 0 Å². The summed E-state index contributed by atoms with van der Waals surface area (Å²) in [6, 6.07) is 8.48. The summed E-state index contributed by atoms with van der Waals surface area (Å²) >= 11 is 0. The molecule has 1 saturated heterocycles. The number of aliphatic imine (C=N–C) groups is 1. The van der Waals surface area contributed by atoms with Gasteiger partial charge in [-0.1, -0.05) is 31.0 Å². The van der Waals surface area contributed by atoms with Crippen molar-refractivity contribution in [2.45, 2.75) is 37.5 Å². The Morgan fingerprint density at radius 2 is 2.12 bits per heavy atom. The van der Waals surface area contributed by atoms with Gasteiger partial charge in [-0.15, -0.1) is 0 Å². The minimum absolute atomic E-state index is 0.125. The molecule has 1 saturated carbocycles. The van der Waals surface area contributed by atoms with E-state index < -0.39 is 0 Å². The molecule has 0 radical (unpaired) electrons. The van der Waals surface area contributed by atoms with Crippen LogP contribution in [0.3, 0.4) is 0 Å². The molecule has 1 aromatic carbocycles. The lowest BCUT2D eigenvalue weighted by Crippen LogP contribution is -2.46. The zero-order valence-electron chi connectivity index (χ0n) is 16.5. The molecule has 1 heterocycles. The molecule has 26 heavy (non-hydrogen) atoms. The number of ether oxygens (including phenoxy) is 2. The molecule has 2 aliphatic rings. The zero-order chi connectivity index (χ0) is 18.4. The molecular weight excluding hydrogens is 326 g/mol. The van der Waals surface area contributed by atoms with E-state index in [1.807, 2.05) is 7.05 Å². The molecule has 1 aliphatic carbocycles. The summed E-state index contributed by atoms with van der Waals surface area (Å²) in [5.41, 5.74) is 1.45. The van der Waals surface area contributed by atoms with Crippen molar-refractivity contribution in [3.63, 3.8) is 0 Å². The van der Waals surface area contributed by atoms with Crippen molar-refractivity contribution in [3.8, 4) is 5.75 Å². The molecule has 1 aromatic rings. The zero-order valence-corrected chi connectivity index (χ0v) is 16.5. The van der Waals surface area contributed by atoms with Crippen molar-refractivity contribution in [1.29, 1.82) is 0 Å². The molecule has 1 aliphatic heterocycles. The Morgan fingerprint density at radius 3 is 2.77 bits per heavy atom. The maximum Gasteiger partial charge on any atom is 0.193 e. The van der Waals surface area contributed by atoms with Crippen LogP contribution in [0.15, 0.2) is 29.3 Å². The Balaban J connectivity index is 1.69. The molecule has 1 N–H and O–H groups in total. The molecule has 144 valence electrons. The highest BCUT2D eigenvalue weighted by molar-refractivity contribution is 5.79. The number of benzene rings is 1. The Hall–Kier alpha value is -1.75. The average Bonchev–Trinajstić information content (AvgIpc) is 3.35. The van der Waals surface area contributed by atoms with Crippen LogP contribution in [-0.2, 0) is 10.2 Å². The summed E-state index contributed by atoms with van der Waals surface area (Å²) in [5.74, 6) is 2.58. The number of nitrogens with one attached hydrogen (secondary N) is 1. The highest BCUT2D eigenvalue weighted by Gasteiger charge is 2.38. The van der Waals surface area contributed by atoms with Crippen LogP contribution in [0.1, 0.15) is 37.7 Å². The lowest BCUT2D eigenvalue weighted by atomic mass is 9.78. The highest BCUT2D eigenvalue weighted by atomic mass is 16.5. The average molecular weight is 360 g/mol. The van der Waals surface area contributed by atoms with E-state index >= 15 is 0 Å². The summed E-state index contributed by atoms with van der Waals surface area (Å²) in [4.78, 5) is 6.76. The highest BCUT2D eigenvalue weighted by Crippen LogP contribution is 2.44. The van der Waals surface area contributed by atoms with Crippen LogP contribution in [0.2, 0.25) is 0 Å². The van der Waals surface area contributed by atoms with Crippen LogP contribution >= 0.6 is 0 Å². The molecule has 0 bridgehead atoms. The molecule has 5 nitrogen and oxygen atoms in total. The standard InChI is InChI=1S/C21H33N3O2/c1-22-20(24(2)14-17-10-13-26-15-17)23-16-21(11-6-7-12-21)18-8-4-5-9-19(18)25-3/h4-5,8-9,17H,6-7,10-16H2,1-3H3,(H,22,23). The predicted octanol–water partition coefficient (Wildman–Crippen LogP) is 3.05. The fourth-order valence-electron chi connectivity index (χ4n) is 4.51. The molecule has 3 rings (SSSR count). The second-order valence-electron chi connectivity index (χ2n) is 7.70. The lowest BCUT2D eigenvalue weighted by molar-refractivity contribution is 0.181. The topological polar surface area (TPSA) is 46.1 Å². The molecular formula is C21H33N3O2. The Labute approximate surface area is 157 Å². The third-order valence-electron chi connectivity index (χ3n) is 5.95. The van der Waals surface area contributed by atoms with Gasteiger partial charge in [0.05, 0.1) is 13.7 Å². The van der Waals surface area contributed by atoms with Gasteiger partial charge in [0, 0.05) is 50.7 Å². The largest absolute Gasteiger partial charge is 0.496 e. The fourth-order valence-corrected chi connectivity index (χ4v) is 4.51. The number of methoxy groups -OCH3 is 1. The summed E-state index contributed by atoms with van der Waals surface area (Å²) in [6.07, 6.45) is 6.07.